The Morgan fingerprint density at radius 3 is 2.33 bits per heavy atom. The highest BCUT2D eigenvalue weighted by molar-refractivity contribution is 14.0. The van der Waals surface area contributed by atoms with Gasteiger partial charge in [-0.05, 0) is 12.0 Å². The summed E-state index contributed by atoms with van der Waals surface area (Å²) in [6, 6.07) is 10.5. The number of benzene rings is 1. The van der Waals surface area contributed by atoms with Crippen LogP contribution in [0.4, 0.5) is 0 Å². The van der Waals surface area contributed by atoms with Gasteiger partial charge in [-0.3, -0.25) is 0 Å². The molecule has 1 unspecified atom stereocenters. The number of hydrogen-bond acceptors (Lipinski definition) is 1. The molecular formula is C10H16IN. The van der Waals surface area contributed by atoms with Crippen LogP contribution in [0, 0.1) is 0 Å². The molecule has 0 aliphatic heterocycles. The maximum atomic E-state index is 5.91. The minimum absolute atomic E-state index is 0. The fraction of sp³-hybridized carbons (Fsp3) is 0.400. The van der Waals surface area contributed by atoms with Gasteiger partial charge in [0.05, 0.1) is 0 Å². The van der Waals surface area contributed by atoms with Crippen molar-refractivity contribution in [3.63, 3.8) is 0 Å². The molecule has 0 aromatic heterocycles. The molecule has 0 amide bonds. The first-order chi connectivity index (χ1) is 5.34. The summed E-state index contributed by atoms with van der Waals surface area (Å²) in [4.78, 5) is 0. The lowest BCUT2D eigenvalue weighted by Crippen LogP contribution is -2.08. The Morgan fingerprint density at radius 1 is 1.25 bits per heavy atom. The van der Waals surface area contributed by atoms with Crippen LogP contribution in [0.2, 0.25) is 0 Å². The first kappa shape index (κ1) is 11.9. The molecule has 0 saturated carbocycles. The third-order valence-electron chi connectivity index (χ3n) is 1.83. The molecule has 2 N–H and O–H groups in total. The number of rotatable bonds is 3. The molecule has 0 radical (unpaired) electrons. The van der Waals surface area contributed by atoms with Crippen LogP contribution < -0.4 is 5.73 Å². The third kappa shape index (κ3) is 3.54. The monoisotopic (exact) mass is 277 g/mol. The van der Waals surface area contributed by atoms with E-state index in [0.717, 1.165) is 12.8 Å². The molecule has 0 heterocycles. The van der Waals surface area contributed by atoms with E-state index < -0.39 is 0 Å². The van der Waals surface area contributed by atoms with Gasteiger partial charge in [0.15, 0.2) is 0 Å². The first-order valence-corrected chi connectivity index (χ1v) is 4.15. The summed E-state index contributed by atoms with van der Waals surface area (Å²) in [5, 5.41) is 0. The Morgan fingerprint density at radius 2 is 1.83 bits per heavy atom. The summed E-state index contributed by atoms with van der Waals surface area (Å²) in [6.45, 7) is 2.16. The molecule has 1 aromatic carbocycles. The van der Waals surface area contributed by atoms with Crippen molar-refractivity contribution in [3.8, 4) is 0 Å². The maximum absolute atomic E-state index is 5.91. The Labute approximate surface area is 91.4 Å². The SMILES string of the molecule is CCCC(N)c1ccccc1.I. The Balaban J connectivity index is 0.00000121. The van der Waals surface area contributed by atoms with Gasteiger partial charge in [-0.15, -0.1) is 24.0 Å². The summed E-state index contributed by atoms with van der Waals surface area (Å²) in [5.74, 6) is 0. The van der Waals surface area contributed by atoms with Crippen LogP contribution in [0.1, 0.15) is 31.4 Å². The molecule has 1 rings (SSSR count). The van der Waals surface area contributed by atoms with Crippen LogP contribution in [0.25, 0.3) is 0 Å². The van der Waals surface area contributed by atoms with Gasteiger partial charge in [-0.2, -0.15) is 0 Å². The van der Waals surface area contributed by atoms with E-state index in [4.69, 9.17) is 5.73 Å². The van der Waals surface area contributed by atoms with E-state index >= 15 is 0 Å². The van der Waals surface area contributed by atoms with Crippen molar-refractivity contribution < 1.29 is 0 Å². The van der Waals surface area contributed by atoms with E-state index in [1.54, 1.807) is 0 Å². The zero-order valence-corrected chi connectivity index (χ0v) is 9.69. The molecule has 1 nitrogen and oxygen atoms in total. The Kier molecular flexibility index (Phi) is 6.38. The maximum Gasteiger partial charge on any atom is 0.0294 e. The summed E-state index contributed by atoms with van der Waals surface area (Å²) in [5.41, 5.74) is 7.15. The van der Waals surface area contributed by atoms with Gasteiger partial charge in [0.2, 0.25) is 0 Å². The zero-order chi connectivity index (χ0) is 8.10. The van der Waals surface area contributed by atoms with Crippen LogP contribution in [0.3, 0.4) is 0 Å². The molecule has 0 aliphatic carbocycles. The van der Waals surface area contributed by atoms with Crippen LogP contribution in [-0.2, 0) is 0 Å². The highest BCUT2D eigenvalue weighted by atomic mass is 127. The quantitative estimate of drug-likeness (QED) is 0.844. The van der Waals surface area contributed by atoms with E-state index in [1.807, 2.05) is 18.2 Å². The average molecular weight is 277 g/mol. The van der Waals surface area contributed by atoms with Crippen molar-refractivity contribution in [1.29, 1.82) is 0 Å². The standard InChI is InChI=1S/C10H15N.HI/c1-2-6-10(11)9-7-4-3-5-8-9;/h3-5,7-8,10H,2,6,11H2,1H3;1H. The summed E-state index contributed by atoms with van der Waals surface area (Å²) in [6.07, 6.45) is 2.22. The predicted molar refractivity (Wildman–Crippen MR) is 63.7 cm³/mol. The van der Waals surface area contributed by atoms with Gasteiger partial charge in [-0.25, -0.2) is 0 Å². The highest BCUT2D eigenvalue weighted by Gasteiger charge is 2.01. The average Bonchev–Trinajstić information content (AvgIpc) is 2.07. The molecule has 0 bridgehead atoms. The summed E-state index contributed by atoms with van der Waals surface area (Å²) < 4.78 is 0. The largest absolute Gasteiger partial charge is 0.324 e. The summed E-state index contributed by atoms with van der Waals surface area (Å²) >= 11 is 0. The van der Waals surface area contributed by atoms with E-state index in [2.05, 4.69) is 19.1 Å². The predicted octanol–water partition coefficient (Wildman–Crippen LogP) is 3.10. The van der Waals surface area contributed by atoms with Gasteiger partial charge in [0.25, 0.3) is 0 Å². The van der Waals surface area contributed by atoms with E-state index in [0.29, 0.717) is 0 Å². The Bertz CT molecular complexity index is 198. The molecule has 0 saturated heterocycles. The zero-order valence-electron chi connectivity index (χ0n) is 7.36. The van der Waals surface area contributed by atoms with E-state index in [9.17, 15) is 0 Å². The number of hydrogen-bond donors (Lipinski definition) is 1. The molecule has 2 heteroatoms. The topological polar surface area (TPSA) is 26.0 Å². The molecule has 0 aliphatic rings. The summed E-state index contributed by atoms with van der Waals surface area (Å²) in [7, 11) is 0. The first-order valence-electron chi connectivity index (χ1n) is 4.15. The lowest BCUT2D eigenvalue weighted by Gasteiger charge is -2.09. The molecule has 12 heavy (non-hydrogen) atoms. The lowest BCUT2D eigenvalue weighted by molar-refractivity contribution is 0.638. The molecule has 1 aromatic rings. The van der Waals surface area contributed by atoms with E-state index in [1.165, 1.54) is 5.56 Å². The third-order valence-corrected chi connectivity index (χ3v) is 1.83. The fourth-order valence-corrected chi connectivity index (χ4v) is 1.18. The molecule has 0 fully saturated rings. The lowest BCUT2D eigenvalue weighted by atomic mass is 10.0. The molecule has 0 spiro atoms. The minimum atomic E-state index is 0. The van der Waals surface area contributed by atoms with Crippen LogP contribution in [0.5, 0.6) is 0 Å². The number of nitrogens with two attached hydrogens (primary N) is 1. The van der Waals surface area contributed by atoms with Crippen LogP contribution in [0.15, 0.2) is 30.3 Å². The second-order valence-corrected chi connectivity index (χ2v) is 2.81. The van der Waals surface area contributed by atoms with Gasteiger partial charge >= 0.3 is 0 Å². The van der Waals surface area contributed by atoms with Crippen molar-refractivity contribution in [2.45, 2.75) is 25.8 Å². The van der Waals surface area contributed by atoms with Crippen molar-refractivity contribution in [1.82, 2.24) is 0 Å². The normalized spacial score (nSPS) is 11.8. The molecular weight excluding hydrogens is 261 g/mol. The smallest absolute Gasteiger partial charge is 0.0294 e. The Hall–Kier alpha value is -0.0900. The van der Waals surface area contributed by atoms with Crippen molar-refractivity contribution >= 4 is 24.0 Å². The van der Waals surface area contributed by atoms with Gasteiger partial charge < -0.3 is 5.73 Å². The van der Waals surface area contributed by atoms with Crippen LogP contribution >= 0.6 is 24.0 Å². The van der Waals surface area contributed by atoms with Crippen molar-refractivity contribution in [2.75, 3.05) is 0 Å². The number of halogens is 1. The van der Waals surface area contributed by atoms with Gasteiger partial charge in [0, 0.05) is 6.04 Å². The second kappa shape index (κ2) is 6.43. The van der Waals surface area contributed by atoms with Gasteiger partial charge in [0.1, 0.15) is 0 Å². The van der Waals surface area contributed by atoms with Crippen molar-refractivity contribution in [2.24, 2.45) is 5.73 Å². The van der Waals surface area contributed by atoms with E-state index in [-0.39, 0.29) is 30.0 Å². The fourth-order valence-electron chi connectivity index (χ4n) is 1.18. The van der Waals surface area contributed by atoms with Crippen LogP contribution in [-0.4, -0.2) is 0 Å². The second-order valence-electron chi connectivity index (χ2n) is 2.81. The molecule has 1 atom stereocenters. The van der Waals surface area contributed by atoms with Crippen molar-refractivity contribution in [3.05, 3.63) is 35.9 Å². The highest BCUT2D eigenvalue weighted by Crippen LogP contribution is 2.13. The molecule has 68 valence electrons. The van der Waals surface area contributed by atoms with Gasteiger partial charge in [-0.1, -0.05) is 43.7 Å². The minimum Gasteiger partial charge on any atom is -0.324 e.